The molecule has 0 aromatic carbocycles. The van der Waals surface area contributed by atoms with E-state index in [4.69, 9.17) is 9.47 Å². The molecular formula is C13H28O2. The summed E-state index contributed by atoms with van der Waals surface area (Å²) in [7, 11) is 0. The zero-order valence-electron chi connectivity index (χ0n) is 11.0. The molecule has 0 heterocycles. The molecule has 0 aliphatic heterocycles. The van der Waals surface area contributed by atoms with Gasteiger partial charge in [-0.05, 0) is 26.7 Å². The highest BCUT2D eigenvalue weighted by Gasteiger charge is 2.17. The van der Waals surface area contributed by atoms with Crippen LogP contribution in [0.25, 0.3) is 0 Å². The quantitative estimate of drug-likeness (QED) is 0.404. The number of hydrogen-bond acceptors (Lipinski definition) is 2. The molecule has 0 aromatic heterocycles. The molecule has 0 saturated heterocycles. The van der Waals surface area contributed by atoms with Crippen LogP contribution in [0.4, 0.5) is 0 Å². The van der Waals surface area contributed by atoms with E-state index in [1.165, 1.54) is 25.7 Å². The second-order valence-corrected chi connectivity index (χ2v) is 4.51. The molecule has 0 aliphatic rings. The largest absolute Gasteiger partial charge is 0.351 e. The first-order valence-corrected chi connectivity index (χ1v) is 6.40. The Labute approximate surface area is 95.3 Å². The third-order valence-electron chi connectivity index (χ3n) is 2.40. The van der Waals surface area contributed by atoms with Gasteiger partial charge in [-0.1, -0.05) is 39.5 Å². The first kappa shape index (κ1) is 14.9. The minimum atomic E-state index is -0.401. The topological polar surface area (TPSA) is 18.5 Å². The van der Waals surface area contributed by atoms with Crippen molar-refractivity contribution in [3.05, 3.63) is 0 Å². The van der Waals surface area contributed by atoms with Crippen LogP contribution in [0.2, 0.25) is 0 Å². The van der Waals surface area contributed by atoms with Crippen molar-refractivity contribution in [3.63, 3.8) is 0 Å². The average molecular weight is 216 g/mol. The number of hydrogen-bond donors (Lipinski definition) is 0. The van der Waals surface area contributed by atoms with Crippen LogP contribution in [-0.2, 0) is 9.47 Å². The van der Waals surface area contributed by atoms with E-state index in [9.17, 15) is 0 Å². The number of ether oxygens (including phenoxy) is 2. The standard InChI is InChI=1S/C13H28O2/c1-5-7-9-11-14-13(3,4)15-12-10-8-6-2/h5-12H2,1-4H3. The Bertz CT molecular complexity index is 118. The lowest BCUT2D eigenvalue weighted by atomic mass is 10.2. The Morgan fingerprint density at radius 3 is 1.47 bits per heavy atom. The summed E-state index contributed by atoms with van der Waals surface area (Å²) in [4.78, 5) is 0. The molecule has 0 saturated carbocycles. The molecule has 0 aromatic rings. The lowest BCUT2D eigenvalue weighted by molar-refractivity contribution is -0.214. The minimum absolute atomic E-state index is 0.401. The second-order valence-electron chi connectivity index (χ2n) is 4.51. The first-order valence-electron chi connectivity index (χ1n) is 6.40. The molecule has 0 radical (unpaired) electrons. The first-order chi connectivity index (χ1) is 7.12. The third kappa shape index (κ3) is 10.2. The van der Waals surface area contributed by atoms with E-state index in [-0.39, 0.29) is 0 Å². The monoisotopic (exact) mass is 216 g/mol. The summed E-state index contributed by atoms with van der Waals surface area (Å²) in [6, 6.07) is 0. The summed E-state index contributed by atoms with van der Waals surface area (Å²) in [5.74, 6) is -0.401. The summed E-state index contributed by atoms with van der Waals surface area (Å²) in [6.07, 6.45) is 7.23. The van der Waals surface area contributed by atoms with E-state index >= 15 is 0 Å². The molecule has 2 nitrogen and oxygen atoms in total. The van der Waals surface area contributed by atoms with Gasteiger partial charge in [0.2, 0.25) is 0 Å². The Balaban J connectivity index is 3.40. The molecule has 92 valence electrons. The predicted octanol–water partition coefficient (Wildman–Crippen LogP) is 4.14. The van der Waals surface area contributed by atoms with Crippen molar-refractivity contribution >= 4 is 0 Å². The van der Waals surface area contributed by atoms with Crippen molar-refractivity contribution in [2.45, 2.75) is 72.0 Å². The van der Waals surface area contributed by atoms with E-state index in [1.54, 1.807) is 0 Å². The number of unbranched alkanes of at least 4 members (excludes halogenated alkanes) is 4. The van der Waals surface area contributed by atoms with Crippen LogP contribution in [0.15, 0.2) is 0 Å². The van der Waals surface area contributed by atoms with Crippen LogP contribution in [0, 0.1) is 0 Å². The van der Waals surface area contributed by atoms with Gasteiger partial charge in [-0.15, -0.1) is 0 Å². The molecule has 2 heteroatoms. The van der Waals surface area contributed by atoms with Crippen molar-refractivity contribution in [2.75, 3.05) is 13.2 Å². The van der Waals surface area contributed by atoms with Gasteiger partial charge in [0, 0.05) is 13.2 Å². The van der Waals surface area contributed by atoms with Crippen LogP contribution in [0.3, 0.4) is 0 Å². The fourth-order valence-electron chi connectivity index (χ4n) is 1.38. The van der Waals surface area contributed by atoms with Gasteiger partial charge in [-0.2, -0.15) is 0 Å². The van der Waals surface area contributed by atoms with E-state index < -0.39 is 5.79 Å². The maximum Gasteiger partial charge on any atom is 0.162 e. The molecule has 0 unspecified atom stereocenters. The third-order valence-corrected chi connectivity index (χ3v) is 2.40. The highest BCUT2D eigenvalue weighted by molar-refractivity contribution is 4.54. The van der Waals surface area contributed by atoms with Gasteiger partial charge in [-0.3, -0.25) is 0 Å². The van der Waals surface area contributed by atoms with Crippen molar-refractivity contribution in [1.29, 1.82) is 0 Å². The van der Waals surface area contributed by atoms with Gasteiger partial charge in [0.1, 0.15) is 0 Å². The van der Waals surface area contributed by atoms with Crippen molar-refractivity contribution in [1.82, 2.24) is 0 Å². The van der Waals surface area contributed by atoms with Gasteiger partial charge < -0.3 is 9.47 Å². The second kappa shape index (κ2) is 9.17. The van der Waals surface area contributed by atoms with Gasteiger partial charge in [0.15, 0.2) is 5.79 Å². The highest BCUT2D eigenvalue weighted by atomic mass is 16.7. The summed E-state index contributed by atoms with van der Waals surface area (Å²) < 4.78 is 11.4. The molecule has 15 heavy (non-hydrogen) atoms. The number of rotatable bonds is 10. The van der Waals surface area contributed by atoms with Crippen LogP contribution in [0.5, 0.6) is 0 Å². The zero-order chi connectivity index (χ0) is 11.6. The van der Waals surface area contributed by atoms with Crippen LogP contribution >= 0.6 is 0 Å². The van der Waals surface area contributed by atoms with Crippen LogP contribution in [0.1, 0.15) is 66.2 Å². The van der Waals surface area contributed by atoms with E-state index in [1.807, 2.05) is 13.8 Å². The minimum Gasteiger partial charge on any atom is -0.351 e. The fraction of sp³-hybridized carbons (Fsp3) is 1.00. The molecule has 0 spiro atoms. The lowest BCUT2D eigenvalue weighted by Crippen LogP contribution is -2.29. The van der Waals surface area contributed by atoms with E-state index in [2.05, 4.69) is 13.8 Å². The fourth-order valence-corrected chi connectivity index (χ4v) is 1.38. The SMILES string of the molecule is CCCCCOC(C)(C)OCCCCC. The van der Waals surface area contributed by atoms with Gasteiger partial charge >= 0.3 is 0 Å². The van der Waals surface area contributed by atoms with E-state index in [0.29, 0.717) is 0 Å². The lowest BCUT2D eigenvalue weighted by Gasteiger charge is -2.25. The Morgan fingerprint density at radius 2 is 1.13 bits per heavy atom. The molecule has 0 amide bonds. The molecule has 0 bridgehead atoms. The Kier molecular flexibility index (Phi) is 9.12. The smallest absolute Gasteiger partial charge is 0.162 e. The summed E-state index contributed by atoms with van der Waals surface area (Å²) in [5, 5.41) is 0. The average Bonchev–Trinajstić information content (AvgIpc) is 2.20. The summed E-state index contributed by atoms with van der Waals surface area (Å²) in [5.41, 5.74) is 0. The molecular weight excluding hydrogens is 188 g/mol. The van der Waals surface area contributed by atoms with Crippen molar-refractivity contribution < 1.29 is 9.47 Å². The van der Waals surface area contributed by atoms with Gasteiger partial charge in [0.25, 0.3) is 0 Å². The van der Waals surface area contributed by atoms with Gasteiger partial charge in [-0.25, -0.2) is 0 Å². The molecule has 0 rings (SSSR count). The van der Waals surface area contributed by atoms with Crippen molar-refractivity contribution in [2.24, 2.45) is 0 Å². The van der Waals surface area contributed by atoms with Gasteiger partial charge in [0.05, 0.1) is 0 Å². The highest BCUT2D eigenvalue weighted by Crippen LogP contribution is 2.13. The van der Waals surface area contributed by atoms with Crippen LogP contribution < -0.4 is 0 Å². The van der Waals surface area contributed by atoms with Crippen LogP contribution in [-0.4, -0.2) is 19.0 Å². The summed E-state index contributed by atoms with van der Waals surface area (Å²) in [6.45, 7) is 10.0. The Hall–Kier alpha value is -0.0800. The summed E-state index contributed by atoms with van der Waals surface area (Å²) >= 11 is 0. The molecule has 0 fully saturated rings. The normalized spacial score (nSPS) is 12.0. The molecule has 0 aliphatic carbocycles. The zero-order valence-corrected chi connectivity index (χ0v) is 11.0. The Morgan fingerprint density at radius 1 is 0.733 bits per heavy atom. The van der Waals surface area contributed by atoms with E-state index in [0.717, 1.165) is 26.1 Å². The molecule has 0 N–H and O–H groups in total. The predicted molar refractivity (Wildman–Crippen MR) is 65.0 cm³/mol. The maximum absolute atomic E-state index is 5.69. The molecule has 0 atom stereocenters. The van der Waals surface area contributed by atoms with Crippen molar-refractivity contribution in [3.8, 4) is 0 Å². The maximum atomic E-state index is 5.69.